The average Bonchev–Trinajstić information content (AvgIpc) is 3.44. The predicted molar refractivity (Wildman–Crippen MR) is 115 cm³/mol. The zero-order valence-corrected chi connectivity index (χ0v) is 17.3. The van der Waals surface area contributed by atoms with Gasteiger partial charge in [0.15, 0.2) is 5.13 Å². The number of thiazole rings is 1. The van der Waals surface area contributed by atoms with E-state index < -0.39 is 0 Å². The quantitative estimate of drug-likeness (QED) is 0.521. The Hall–Kier alpha value is -2.75. The molecule has 0 radical (unpaired) electrons. The monoisotopic (exact) mass is 426 g/mol. The maximum absolute atomic E-state index is 12.6. The highest BCUT2D eigenvalue weighted by Crippen LogP contribution is 2.35. The van der Waals surface area contributed by atoms with E-state index >= 15 is 0 Å². The molecule has 1 aliphatic heterocycles. The number of amides is 1. The first-order valence-corrected chi connectivity index (χ1v) is 10.9. The first-order valence-electron chi connectivity index (χ1n) is 9.23. The number of thiophene rings is 1. The summed E-state index contributed by atoms with van der Waals surface area (Å²) in [6, 6.07) is 9.37. The van der Waals surface area contributed by atoms with Crippen molar-refractivity contribution < 1.29 is 13.9 Å². The summed E-state index contributed by atoms with van der Waals surface area (Å²) in [7, 11) is 0. The first-order chi connectivity index (χ1) is 14.2. The molecule has 29 heavy (non-hydrogen) atoms. The summed E-state index contributed by atoms with van der Waals surface area (Å²) in [5.74, 6) is 1.20. The van der Waals surface area contributed by atoms with Crippen molar-refractivity contribution in [2.75, 3.05) is 36.5 Å². The van der Waals surface area contributed by atoms with Gasteiger partial charge in [-0.15, -0.1) is 11.3 Å². The minimum atomic E-state index is -0.132. The van der Waals surface area contributed by atoms with E-state index in [1.165, 1.54) is 11.3 Å². The fourth-order valence-corrected chi connectivity index (χ4v) is 5.26. The van der Waals surface area contributed by atoms with Crippen LogP contribution in [0.3, 0.4) is 0 Å². The van der Waals surface area contributed by atoms with Crippen molar-refractivity contribution in [1.82, 2.24) is 9.97 Å². The molecule has 5 rings (SSSR count). The number of aromatic nitrogens is 2. The number of oxazole rings is 1. The molecule has 1 aromatic carbocycles. The lowest BCUT2D eigenvalue weighted by atomic mass is 10.2. The third kappa shape index (κ3) is 3.76. The van der Waals surface area contributed by atoms with E-state index in [1.54, 1.807) is 17.5 Å². The van der Waals surface area contributed by atoms with Gasteiger partial charge in [0.25, 0.3) is 5.91 Å². The van der Waals surface area contributed by atoms with Crippen LogP contribution in [-0.4, -0.2) is 42.2 Å². The van der Waals surface area contributed by atoms with Gasteiger partial charge in [-0.3, -0.25) is 4.79 Å². The normalized spacial score (nSPS) is 14.4. The van der Waals surface area contributed by atoms with E-state index in [4.69, 9.17) is 14.1 Å². The van der Waals surface area contributed by atoms with Gasteiger partial charge in [-0.05, 0) is 37.3 Å². The maximum atomic E-state index is 12.6. The van der Waals surface area contributed by atoms with Crippen LogP contribution in [-0.2, 0) is 4.74 Å². The van der Waals surface area contributed by atoms with Gasteiger partial charge < -0.3 is 19.4 Å². The minimum Gasteiger partial charge on any atom is -0.441 e. The van der Waals surface area contributed by atoms with Crippen LogP contribution >= 0.6 is 22.7 Å². The number of rotatable bonds is 4. The van der Waals surface area contributed by atoms with Crippen LogP contribution in [0.2, 0.25) is 0 Å². The molecule has 7 nitrogen and oxygen atoms in total. The molecule has 1 amide bonds. The van der Waals surface area contributed by atoms with E-state index in [2.05, 4.69) is 15.2 Å². The molecule has 1 saturated heterocycles. The Balaban J connectivity index is 1.29. The summed E-state index contributed by atoms with van der Waals surface area (Å²) in [5.41, 5.74) is 1.59. The molecule has 3 aromatic heterocycles. The zero-order chi connectivity index (χ0) is 19.8. The summed E-state index contributed by atoms with van der Waals surface area (Å²) >= 11 is 3.04. The molecule has 148 valence electrons. The molecule has 9 heteroatoms. The summed E-state index contributed by atoms with van der Waals surface area (Å²) in [6.45, 7) is 5.04. The number of hydrogen-bond acceptors (Lipinski definition) is 8. The lowest BCUT2D eigenvalue weighted by Crippen LogP contribution is -2.36. The molecule has 4 aromatic rings. The summed E-state index contributed by atoms with van der Waals surface area (Å²) in [4.78, 5) is 25.3. The van der Waals surface area contributed by atoms with E-state index in [-0.39, 0.29) is 5.91 Å². The Morgan fingerprint density at radius 3 is 2.66 bits per heavy atom. The van der Waals surface area contributed by atoms with Crippen LogP contribution in [0, 0.1) is 6.92 Å². The van der Waals surface area contributed by atoms with Gasteiger partial charge >= 0.3 is 0 Å². The van der Waals surface area contributed by atoms with Crippen molar-refractivity contribution in [3.8, 4) is 11.5 Å². The number of nitrogens with one attached hydrogen (secondary N) is 1. The second-order valence-corrected chi connectivity index (χ2v) is 8.72. The zero-order valence-electron chi connectivity index (χ0n) is 15.7. The number of carbonyl (C=O) groups is 1. The number of carbonyl (C=O) groups excluding carboxylic acids is 1. The van der Waals surface area contributed by atoms with Gasteiger partial charge in [-0.2, -0.15) is 0 Å². The Morgan fingerprint density at radius 1 is 1.17 bits per heavy atom. The number of hydrogen-bond donors (Lipinski definition) is 1. The Labute approximate surface area is 175 Å². The number of nitrogens with zero attached hydrogens (tertiary/aromatic N) is 3. The van der Waals surface area contributed by atoms with Crippen molar-refractivity contribution >= 4 is 48.9 Å². The van der Waals surface area contributed by atoms with Crippen LogP contribution in [0.5, 0.6) is 0 Å². The standard InChI is InChI=1S/C20H18N4O3S2/c1-12-11-21-18(27-12)13-2-4-14(5-3-13)22-17(25)15-10-16-19(28-15)23-20(29-16)24-6-8-26-9-7-24/h2-5,10-11H,6-9H2,1H3,(H,22,25). The van der Waals surface area contributed by atoms with Crippen molar-refractivity contribution in [3.63, 3.8) is 0 Å². The largest absolute Gasteiger partial charge is 0.441 e. The van der Waals surface area contributed by atoms with Crippen molar-refractivity contribution in [3.05, 3.63) is 47.2 Å². The average molecular weight is 427 g/mol. The van der Waals surface area contributed by atoms with Crippen LogP contribution < -0.4 is 10.2 Å². The molecule has 1 fully saturated rings. The number of anilines is 2. The lowest BCUT2D eigenvalue weighted by molar-refractivity contribution is 0.103. The third-order valence-electron chi connectivity index (χ3n) is 4.59. The number of ether oxygens (including phenoxy) is 1. The number of aryl methyl sites for hydroxylation is 1. The van der Waals surface area contributed by atoms with Gasteiger partial charge in [-0.25, -0.2) is 9.97 Å². The molecule has 0 saturated carbocycles. The second kappa shape index (κ2) is 7.58. The molecular formula is C20H18N4O3S2. The van der Waals surface area contributed by atoms with E-state index in [0.717, 1.165) is 58.0 Å². The predicted octanol–water partition coefficient (Wildman–Crippen LogP) is 4.41. The highest BCUT2D eigenvalue weighted by molar-refractivity contribution is 7.29. The van der Waals surface area contributed by atoms with Crippen LogP contribution in [0.25, 0.3) is 21.0 Å². The molecule has 0 bridgehead atoms. The Kier molecular flexibility index (Phi) is 4.78. The van der Waals surface area contributed by atoms with Crippen LogP contribution in [0.4, 0.5) is 10.8 Å². The fraction of sp³-hybridized carbons (Fsp3) is 0.250. The lowest BCUT2D eigenvalue weighted by Gasteiger charge is -2.25. The topological polar surface area (TPSA) is 80.5 Å². The van der Waals surface area contributed by atoms with Gasteiger partial charge in [-0.1, -0.05) is 11.3 Å². The van der Waals surface area contributed by atoms with Crippen molar-refractivity contribution in [2.24, 2.45) is 0 Å². The molecule has 0 spiro atoms. The number of morpholine rings is 1. The van der Waals surface area contributed by atoms with E-state index in [9.17, 15) is 4.79 Å². The smallest absolute Gasteiger partial charge is 0.265 e. The minimum absolute atomic E-state index is 0.132. The molecule has 1 aliphatic rings. The molecule has 0 unspecified atom stereocenters. The molecule has 0 aliphatic carbocycles. The van der Waals surface area contributed by atoms with Crippen LogP contribution in [0.15, 0.2) is 40.9 Å². The van der Waals surface area contributed by atoms with Crippen LogP contribution in [0.1, 0.15) is 15.4 Å². The number of benzene rings is 1. The molecule has 0 atom stereocenters. The summed E-state index contributed by atoms with van der Waals surface area (Å²) < 4.78 is 12.0. The summed E-state index contributed by atoms with van der Waals surface area (Å²) in [6.07, 6.45) is 1.69. The van der Waals surface area contributed by atoms with Gasteiger partial charge in [0.1, 0.15) is 10.6 Å². The first kappa shape index (κ1) is 18.3. The van der Waals surface area contributed by atoms with Crippen molar-refractivity contribution in [2.45, 2.75) is 6.92 Å². The Bertz CT molecular complexity index is 1120. The van der Waals surface area contributed by atoms with E-state index in [0.29, 0.717) is 10.8 Å². The molecule has 4 heterocycles. The van der Waals surface area contributed by atoms with Gasteiger partial charge in [0, 0.05) is 24.3 Å². The highest BCUT2D eigenvalue weighted by Gasteiger charge is 2.19. The SMILES string of the molecule is Cc1cnc(-c2ccc(NC(=O)c3cc4sc(N5CCOCC5)nc4s3)cc2)o1. The number of fused-ring (bicyclic) bond motifs is 1. The molecule has 1 N–H and O–H groups in total. The van der Waals surface area contributed by atoms with E-state index in [1.807, 2.05) is 37.3 Å². The third-order valence-corrected chi connectivity index (χ3v) is 6.81. The van der Waals surface area contributed by atoms with Gasteiger partial charge in [0.05, 0.1) is 29.0 Å². The van der Waals surface area contributed by atoms with Gasteiger partial charge in [0.2, 0.25) is 5.89 Å². The summed E-state index contributed by atoms with van der Waals surface area (Å²) in [5, 5.41) is 3.94. The Morgan fingerprint density at radius 2 is 1.97 bits per heavy atom. The fourth-order valence-electron chi connectivity index (χ4n) is 3.10. The second-order valence-electron chi connectivity index (χ2n) is 6.68. The van der Waals surface area contributed by atoms with Crippen molar-refractivity contribution in [1.29, 1.82) is 0 Å². The molecular weight excluding hydrogens is 408 g/mol. The highest BCUT2D eigenvalue weighted by atomic mass is 32.1. The maximum Gasteiger partial charge on any atom is 0.265 e.